The van der Waals surface area contributed by atoms with Gasteiger partial charge in [0.2, 0.25) is 0 Å². The van der Waals surface area contributed by atoms with Crippen LogP contribution in [0.15, 0.2) is 53.4 Å². The standard InChI is InChI=1S/C18H17N5OS/c1-12-7-18(25-22-12)19-9-16-8-17(21-24-16)14-3-5-15(6-4-14)23-10-13(2)20-11-23/h3-8,10-11,19H,9H2,1-2H3. The molecule has 0 unspecified atom stereocenters. The van der Waals surface area contributed by atoms with Gasteiger partial charge >= 0.3 is 0 Å². The molecule has 25 heavy (non-hydrogen) atoms. The maximum absolute atomic E-state index is 5.42. The third-order valence-corrected chi connectivity index (χ3v) is 4.63. The van der Waals surface area contributed by atoms with Crippen LogP contribution in [0, 0.1) is 13.8 Å². The molecule has 7 heteroatoms. The summed E-state index contributed by atoms with van der Waals surface area (Å²) in [6, 6.07) is 12.1. The molecular weight excluding hydrogens is 334 g/mol. The van der Waals surface area contributed by atoms with E-state index in [0.717, 1.165) is 39.1 Å². The molecule has 0 saturated heterocycles. The zero-order valence-corrected chi connectivity index (χ0v) is 14.7. The molecule has 3 aromatic heterocycles. The zero-order chi connectivity index (χ0) is 17.2. The lowest BCUT2D eigenvalue weighted by molar-refractivity contribution is 0.390. The summed E-state index contributed by atoms with van der Waals surface area (Å²) in [7, 11) is 0. The first kappa shape index (κ1) is 15.6. The van der Waals surface area contributed by atoms with Crippen LogP contribution in [0.1, 0.15) is 17.1 Å². The Hall–Kier alpha value is -2.93. The van der Waals surface area contributed by atoms with Gasteiger partial charge in [-0.15, -0.1) is 0 Å². The Morgan fingerprint density at radius 1 is 1.12 bits per heavy atom. The fraction of sp³-hybridized carbons (Fsp3) is 0.167. The molecule has 0 aliphatic rings. The first-order chi connectivity index (χ1) is 12.2. The van der Waals surface area contributed by atoms with Crippen molar-refractivity contribution in [1.29, 1.82) is 0 Å². The van der Waals surface area contributed by atoms with Crippen LogP contribution >= 0.6 is 11.5 Å². The summed E-state index contributed by atoms with van der Waals surface area (Å²) >= 11 is 1.44. The van der Waals surface area contributed by atoms with Crippen molar-refractivity contribution in [1.82, 2.24) is 19.1 Å². The number of hydrogen-bond donors (Lipinski definition) is 1. The van der Waals surface area contributed by atoms with E-state index in [2.05, 4.69) is 19.8 Å². The second-order valence-electron chi connectivity index (χ2n) is 5.83. The van der Waals surface area contributed by atoms with Crippen molar-refractivity contribution in [3.8, 4) is 16.9 Å². The Balaban J connectivity index is 1.46. The number of anilines is 1. The van der Waals surface area contributed by atoms with Crippen molar-refractivity contribution < 1.29 is 4.52 Å². The van der Waals surface area contributed by atoms with Gasteiger partial charge in [-0.05, 0) is 43.6 Å². The molecule has 6 nitrogen and oxygen atoms in total. The fourth-order valence-corrected chi connectivity index (χ4v) is 3.18. The number of rotatable bonds is 5. The van der Waals surface area contributed by atoms with E-state index in [1.807, 2.05) is 67.3 Å². The number of hydrogen-bond acceptors (Lipinski definition) is 6. The van der Waals surface area contributed by atoms with Gasteiger partial charge in [-0.2, -0.15) is 4.37 Å². The average Bonchev–Trinajstić information content (AvgIpc) is 3.34. The molecule has 0 aliphatic carbocycles. The molecule has 3 heterocycles. The van der Waals surface area contributed by atoms with Gasteiger partial charge in [-0.3, -0.25) is 0 Å². The second-order valence-corrected chi connectivity index (χ2v) is 6.64. The van der Waals surface area contributed by atoms with Crippen LogP contribution in [0.4, 0.5) is 5.00 Å². The molecule has 4 rings (SSSR count). The summed E-state index contributed by atoms with van der Waals surface area (Å²) in [6.07, 6.45) is 3.81. The van der Waals surface area contributed by atoms with E-state index in [1.54, 1.807) is 0 Å². The predicted molar refractivity (Wildman–Crippen MR) is 98.0 cm³/mol. The molecule has 0 amide bonds. The van der Waals surface area contributed by atoms with Gasteiger partial charge in [0.15, 0.2) is 5.76 Å². The fourth-order valence-electron chi connectivity index (χ4n) is 2.52. The number of aryl methyl sites for hydroxylation is 2. The molecule has 1 aromatic carbocycles. The van der Waals surface area contributed by atoms with Gasteiger partial charge in [-0.25, -0.2) is 4.98 Å². The van der Waals surface area contributed by atoms with Gasteiger partial charge in [0, 0.05) is 23.5 Å². The highest BCUT2D eigenvalue weighted by Gasteiger charge is 2.08. The van der Waals surface area contributed by atoms with E-state index in [1.165, 1.54) is 11.5 Å². The Kier molecular flexibility index (Phi) is 4.07. The SMILES string of the molecule is Cc1cn(-c2ccc(-c3cc(CNc4cc(C)ns4)on3)cc2)cn1. The first-order valence-electron chi connectivity index (χ1n) is 7.91. The van der Waals surface area contributed by atoms with Gasteiger partial charge < -0.3 is 14.4 Å². The number of nitrogens with one attached hydrogen (secondary N) is 1. The largest absolute Gasteiger partial charge is 0.368 e. The molecule has 126 valence electrons. The Morgan fingerprint density at radius 2 is 1.96 bits per heavy atom. The van der Waals surface area contributed by atoms with Gasteiger partial charge in [0.25, 0.3) is 0 Å². The van der Waals surface area contributed by atoms with Crippen LogP contribution in [0.3, 0.4) is 0 Å². The monoisotopic (exact) mass is 351 g/mol. The maximum atomic E-state index is 5.42. The normalized spacial score (nSPS) is 11.0. The van der Waals surface area contributed by atoms with Crippen molar-refractivity contribution >= 4 is 16.5 Å². The molecular formula is C18H17N5OS. The summed E-state index contributed by atoms with van der Waals surface area (Å²) < 4.78 is 11.7. The van der Waals surface area contributed by atoms with E-state index < -0.39 is 0 Å². The van der Waals surface area contributed by atoms with Gasteiger partial charge in [0.05, 0.1) is 24.3 Å². The highest BCUT2D eigenvalue weighted by atomic mass is 32.1. The molecule has 0 saturated carbocycles. The molecule has 0 fully saturated rings. The van der Waals surface area contributed by atoms with Gasteiger partial charge in [-0.1, -0.05) is 17.3 Å². The molecule has 0 spiro atoms. The van der Waals surface area contributed by atoms with E-state index in [0.29, 0.717) is 6.54 Å². The van der Waals surface area contributed by atoms with Crippen molar-refractivity contribution in [2.24, 2.45) is 0 Å². The molecule has 0 aliphatic heterocycles. The molecule has 0 radical (unpaired) electrons. The molecule has 1 N–H and O–H groups in total. The first-order valence-corrected chi connectivity index (χ1v) is 8.69. The minimum atomic E-state index is 0.584. The number of nitrogens with zero attached hydrogens (tertiary/aromatic N) is 4. The molecule has 0 atom stereocenters. The lowest BCUT2D eigenvalue weighted by Gasteiger charge is -2.02. The minimum absolute atomic E-state index is 0.584. The summed E-state index contributed by atoms with van der Waals surface area (Å²) in [4.78, 5) is 4.25. The summed E-state index contributed by atoms with van der Waals surface area (Å²) in [5.41, 5.74) is 4.91. The highest BCUT2D eigenvalue weighted by molar-refractivity contribution is 7.10. The van der Waals surface area contributed by atoms with Crippen LogP contribution in [0.2, 0.25) is 0 Å². The summed E-state index contributed by atoms with van der Waals surface area (Å²) in [5, 5.41) is 8.48. The number of benzene rings is 1. The van der Waals surface area contributed by atoms with Crippen molar-refractivity contribution in [2.45, 2.75) is 20.4 Å². The predicted octanol–water partition coefficient (Wildman–Crippen LogP) is 4.21. The van der Waals surface area contributed by atoms with Crippen molar-refractivity contribution in [2.75, 3.05) is 5.32 Å². The number of imidazole rings is 1. The van der Waals surface area contributed by atoms with Crippen LogP contribution in [-0.2, 0) is 6.54 Å². The van der Waals surface area contributed by atoms with E-state index in [9.17, 15) is 0 Å². The lowest BCUT2D eigenvalue weighted by Crippen LogP contribution is -1.95. The molecule has 4 aromatic rings. The average molecular weight is 351 g/mol. The van der Waals surface area contributed by atoms with Crippen LogP contribution in [0.25, 0.3) is 16.9 Å². The minimum Gasteiger partial charge on any atom is -0.368 e. The maximum Gasteiger partial charge on any atom is 0.156 e. The third kappa shape index (κ3) is 3.46. The Bertz CT molecular complexity index is 983. The lowest BCUT2D eigenvalue weighted by atomic mass is 10.1. The van der Waals surface area contributed by atoms with Crippen molar-refractivity contribution in [3.05, 3.63) is 66.1 Å². The zero-order valence-electron chi connectivity index (χ0n) is 13.9. The van der Waals surface area contributed by atoms with E-state index in [4.69, 9.17) is 4.52 Å². The number of aromatic nitrogens is 4. The van der Waals surface area contributed by atoms with Crippen LogP contribution in [0.5, 0.6) is 0 Å². The third-order valence-electron chi connectivity index (χ3n) is 3.80. The van der Waals surface area contributed by atoms with Gasteiger partial charge in [0.1, 0.15) is 10.7 Å². The quantitative estimate of drug-likeness (QED) is 0.583. The van der Waals surface area contributed by atoms with E-state index >= 15 is 0 Å². The highest BCUT2D eigenvalue weighted by Crippen LogP contribution is 2.22. The van der Waals surface area contributed by atoms with Crippen LogP contribution < -0.4 is 5.32 Å². The molecule has 0 bridgehead atoms. The van der Waals surface area contributed by atoms with Crippen molar-refractivity contribution in [3.63, 3.8) is 0 Å². The smallest absolute Gasteiger partial charge is 0.156 e. The summed E-state index contributed by atoms with van der Waals surface area (Å²) in [5.74, 6) is 0.787. The second kappa shape index (κ2) is 6.52. The summed E-state index contributed by atoms with van der Waals surface area (Å²) in [6.45, 7) is 4.54. The van der Waals surface area contributed by atoms with E-state index in [-0.39, 0.29) is 0 Å². The topological polar surface area (TPSA) is 68.8 Å². The Labute approximate surface area is 149 Å². The Morgan fingerprint density at radius 3 is 2.64 bits per heavy atom. The van der Waals surface area contributed by atoms with Crippen LogP contribution in [-0.4, -0.2) is 19.1 Å².